The molecule has 0 aliphatic carbocycles. The number of halogens is 12. The van der Waals surface area contributed by atoms with Crippen molar-refractivity contribution in [3.8, 4) is 54.0 Å². The first-order valence-electron chi connectivity index (χ1n) is 18.2. The SMILES string of the molecule is NCC(O)COc1cc(Cl)c(-c2nnc(-c3cn4cc(C(F)(F)F)cc(Cl)c4n3)s2)cc1F.OCC(O)COc1cc(Cl)c(-c2nnc(-c3cn4cc(C(F)(F)F)cc(Cl)c4n3)s2)cc1F. The zero-order chi connectivity index (χ0) is 47.8. The highest BCUT2D eigenvalue weighted by Gasteiger charge is 2.33. The van der Waals surface area contributed by atoms with Crippen molar-refractivity contribution in [1.29, 1.82) is 0 Å². The first-order valence-corrected chi connectivity index (χ1v) is 21.4. The summed E-state index contributed by atoms with van der Waals surface area (Å²) in [5.74, 6) is -1.92. The molecular weight excluding hydrogens is 1020 g/mol. The van der Waals surface area contributed by atoms with Crippen LogP contribution >= 0.6 is 69.1 Å². The van der Waals surface area contributed by atoms with Crippen molar-refractivity contribution in [3.63, 3.8) is 0 Å². The Labute approximate surface area is 392 Å². The molecule has 8 aromatic rings. The number of nitrogens with zero attached hydrogens (tertiary/aromatic N) is 8. The van der Waals surface area contributed by atoms with E-state index in [2.05, 4.69) is 30.4 Å². The van der Waals surface area contributed by atoms with Crippen LogP contribution in [0.15, 0.2) is 61.2 Å². The number of pyridine rings is 2. The van der Waals surface area contributed by atoms with Crippen molar-refractivity contribution in [2.24, 2.45) is 5.73 Å². The van der Waals surface area contributed by atoms with Gasteiger partial charge in [-0.15, -0.1) is 20.4 Å². The van der Waals surface area contributed by atoms with Gasteiger partial charge in [-0.3, -0.25) is 0 Å². The van der Waals surface area contributed by atoms with Crippen LogP contribution in [0.4, 0.5) is 35.1 Å². The Morgan fingerprint density at radius 3 is 1.36 bits per heavy atom. The van der Waals surface area contributed by atoms with E-state index in [4.69, 9.17) is 66.7 Å². The fraction of sp³-hybridized carbons (Fsp3) is 0.211. The Morgan fingerprint density at radius 1 is 0.591 bits per heavy atom. The maximum Gasteiger partial charge on any atom is 0.417 e. The summed E-state index contributed by atoms with van der Waals surface area (Å²) in [5.41, 5.74) is 4.52. The van der Waals surface area contributed by atoms with Crippen LogP contribution < -0.4 is 15.2 Å². The van der Waals surface area contributed by atoms with Crippen molar-refractivity contribution < 1.29 is 59.9 Å². The van der Waals surface area contributed by atoms with Crippen LogP contribution in [0.3, 0.4) is 0 Å². The highest BCUT2D eigenvalue weighted by atomic mass is 35.5. The average Bonchev–Trinajstić information content (AvgIpc) is 4.09. The van der Waals surface area contributed by atoms with E-state index in [1.165, 1.54) is 24.5 Å². The van der Waals surface area contributed by atoms with Gasteiger partial charge in [0.25, 0.3) is 0 Å². The molecule has 0 fully saturated rings. The molecule has 348 valence electrons. The normalized spacial score (nSPS) is 13.0. The molecule has 0 saturated heterocycles. The topological polar surface area (TPSA) is 191 Å². The molecule has 0 aliphatic rings. The van der Waals surface area contributed by atoms with Crippen molar-refractivity contribution in [2.75, 3.05) is 26.4 Å². The molecule has 0 radical (unpaired) electrons. The lowest BCUT2D eigenvalue weighted by atomic mass is 10.2. The summed E-state index contributed by atoms with van der Waals surface area (Å²) in [5, 5.41) is 44.4. The number of benzene rings is 2. The molecule has 0 bridgehead atoms. The lowest BCUT2D eigenvalue weighted by molar-refractivity contribution is -0.138. The van der Waals surface area contributed by atoms with Gasteiger partial charge >= 0.3 is 12.4 Å². The number of imidazole rings is 2. The van der Waals surface area contributed by atoms with E-state index in [1.807, 2.05) is 0 Å². The predicted octanol–water partition coefficient (Wildman–Crippen LogP) is 9.40. The molecule has 6 aromatic heterocycles. The van der Waals surface area contributed by atoms with E-state index in [0.717, 1.165) is 68.1 Å². The Morgan fingerprint density at radius 2 is 0.985 bits per heavy atom. The minimum atomic E-state index is -4.58. The first kappa shape index (κ1) is 48.9. The molecular formula is C38H25Cl4F8N9O5S2. The number of fused-ring (bicyclic) bond motifs is 2. The summed E-state index contributed by atoms with van der Waals surface area (Å²) in [6.07, 6.45) is -6.90. The summed E-state index contributed by atoms with van der Waals surface area (Å²) in [6.45, 7) is -1.14. The third-order valence-electron chi connectivity index (χ3n) is 8.80. The molecule has 2 aromatic carbocycles. The summed E-state index contributed by atoms with van der Waals surface area (Å²) in [6, 6.07) is 6.18. The minimum Gasteiger partial charge on any atom is -0.488 e. The van der Waals surface area contributed by atoms with Crippen molar-refractivity contribution in [1.82, 2.24) is 39.2 Å². The van der Waals surface area contributed by atoms with Gasteiger partial charge in [0.15, 0.2) is 44.4 Å². The zero-order valence-electron chi connectivity index (χ0n) is 32.4. The number of rotatable bonds is 12. The fourth-order valence-electron chi connectivity index (χ4n) is 5.60. The summed E-state index contributed by atoms with van der Waals surface area (Å²) in [4.78, 5) is 8.44. The van der Waals surface area contributed by atoms with Crippen LogP contribution in [0, 0.1) is 11.6 Å². The van der Waals surface area contributed by atoms with Gasteiger partial charge in [0, 0.05) is 54.6 Å². The van der Waals surface area contributed by atoms with Crippen LogP contribution in [0.2, 0.25) is 20.1 Å². The average molecular weight is 1050 g/mol. The number of nitrogens with two attached hydrogens (primary N) is 1. The fourth-order valence-corrected chi connectivity index (χ4v) is 8.37. The van der Waals surface area contributed by atoms with Crippen LogP contribution in [0.25, 0.3) is 53.8 Å². The highest BCUT2D eigenvalue weighted by molar-refractivity contribution is 7.18. The Kier molecular flexibility index (Phi) is 14.6. The third kappa shape index (κ3) is 10.9. The van der Waals surface area contributed by atoms with Crippen LogP contribution in [0.1, 0.15) is 11.1 Å². The Bertz CT molecular complexity index is 2860. The smallest absolute Gasteiger partial charge is 0.417 e. The van der Waals surface area contributed by atoms with E-state index >= 15 is 0 Å². The number of hydrogen-bond acceptors (Lipinski definition) is 14. The van der Waals surface area contributed by atoms with E-state index in [9.17, 15) is 45.3 Å². The van der Waals surface area contributed by atoms with Gasteiger partial charge in [-0.1, -0.05) is 69.1 Å². The summed E-state index contributed by atoms with van der Waals surface area (Å²) < 4.78 is 120. The number of aliphatic hydroxyl groups is 3. The van der Waals surface area contributed by atoms with Crippen LogP contribution in [-0.2, 0) is 12.4 Å². The Hall–Kier alpha value is -5.02. The molecule has 0 spiro atoms. The quantitative estimate of drug-likeness (QED) is 0.0850. The molecule has 28 heteroatoms. The van der Waals surface area contributed by atoms with Gasteiger partial charge in [0.2, 0.25) is 0 Å². The monoisotopic (exact) mass is 1040 g/mol. The second-order valence-electron chi connectivity index (χ2n) is 13.6. The van der Waals surface area contributed by atoms with Gasteiger partial charge in [0.1, 0.15) is 46.8 Å². The maximum absolute atomic E-state index is 14.5. The molecule has 0 aliphatic heterocycles. The minimum absolute atomic E-state index is 0.0488. The molecule has 6 heterocycles. The van der Waals surface area contributed by atoms with E-state index < -0.39 is 53.9 Å². The van der Waals surface area contributed by atoms with Gasteiger partial charge in [-0.05, 0) is 24.3 Å². The van der Waals surface area contributed by atoms with Gasteiger partial charge in [-0.25, -0.2) is 18.7 Å². The largest absolute Gasteiger partial charge is 0.488 e. The molecule has 14 nitrogen and oxygen atoms in total. The van der Waals surface area contributed by atoms with Crippen molar-refractivity contribution in [3.05, 3.63) is 104 Å². The second kappa shape index (κ2) is 19.7. The number of ether oxygens (including phenoxy) is 2. The highest BCUT2D eigenvalue weighted by Crippen LogP contribution is 2.40. The Balaban J connectivity index is 0.000000196. The number of hydrogen-bond donors (Lipinski definition) is 4. The van der Waals surface area contributed by atoms with Gasteiger partial charge in [0.05, 0.1) is 37.8 Å². The molecule has 0 saturated carbocycles. The molecule has 8 rings (SSSR count). The van der Waals surface area contributed by atoms with E-state index in [1.54, 1.807) is 0 Å². The predicted molar refractivity (Wildman–Crippen MR) is 228 cm³/mol. The van der Waals surface area contributed by atoms with E-state index in [0.29, 0.717) is 0 Å². The lowest BCUT2D eigenvalue weighted by Crippen LogP contribution is -2.26. The standard InChI is InChI=1S/C19H13Cl2F4N5O2S.C19H12Cl2F4N4O3S/c20-11-3-15(32-7-9(31)4-26)13(22)2-10(11)17-28-29-18(33-17)14-6-30-5-8(19(23,24)25)1-12(21)16(30)27-14;20-11-3-15(32-7-9(31)6-30)13(22)2-10(11)17-27-28-18(33-17)14-5-29-4-8(19(23,24)25)1-12(21)16(29)26-14/h1-3,5-6,9,31H,4,7,26H2;1-5,9,30-31H,6-7H2. The van der Waals surface area contributed by atoms with Crippen LogP contribution in [-0.4, -0.2) is 93.1 Å². The van der Waals surface area contributed by atoms with Gasteiger partial charge in [-0.2, -0.15) is 26.3 Å². The first-order chi connectivity index (χ1) is 31.1. The lowest BCUT2D eigenvalue weighted by Gasteiger charge is -2.12. The zero-order valence-corrected chi connectivity index (χ0v) is 37.1. The maximum atomic E-state index is 14.5. The van der Waals surface area contributed by atoms with Gasteiger partial charge < -0.3 is 39.3 Å². The van der Waals surface area contributed by atoms with Crippen LogP contribution in [0.5, 0.6) is 11.5 Å². The molecule has 2 unspecified atom stereocenters. The van der Waals surface area contributed by atoms with Crippen molar-refractivity contribution in [2.45, 2.75) is 24.6 Å². The molecule has 0 amide bonds. The summed E-state index contributed by atoms with van der Waals surface area (Å²) >= 11 is 26.4. The molecule has 2 atom stereocenters. The molecule has 5 N–H and O–H groups in total. The summed E-state index contributed by atoms with van der Waals surface area (Å²) in [7, 11) is 0. The second-order valence-corrected chi connectivity index (χ2v) is 17.1. The number of aliphatic hydroxyl groups excluding tert-OH is 3. The van der Waals surface area contributed by atoms with Crippen molar-refractivity contribution >= 4 is 80.4 Å². The number of alkyl halides is 6. The third-order valence-corrected chi connectivity index (χ3v) is 11.9. The van der Waals surface area contributed by atoms with E-state index in [-0.39, 0.29) is 105 Å². The molecule has 66 heavy (non-hydrogen) atoms. The number of aromatic nitrogens is 8.